The Morgan fingerprint density at radius 1 is 1.12 bits per heavy atom. The zero-order chi connectivity index (χ0) is 16.4. The van der Waals surface area contributed by atoms with Crippen LogP contribution in [0.1, 0.15) is 62.8 Å². The van der Waals surface area contributed by atoms with Crippen molar-refractivity contribution in [3.63, 3.8) is 0 Å². The Bertz CT molecular complexity index is 694. The van der Waals surface area contributed by atoms with E-state index in [9.17, 15) is 10.1 Å². The summed E-state index contributed by atoms with van der Waals surface area (Å²) >= 11 is 1.55. The summed E-state index contributed by atoms with van der Waals surface area (Å²) in [7, 11) is 0. The molecule has 6 heteroatoms. The first kappa shape index (κ1) is 14.8. The molecule has 5 fully saturated rings. The smallest absolute Gasteiger partial charge is 0.246 e. The number of aromatic nitrogens is 2. The summed E-state index contributed by atoms with van der Waals surface area (Å²) in [5.41, 5.74) is -0.606. The minimum atomic E-state index is -0.827. The summed E-state index contributed by atoms with van der Waals surface area (Å²) in [5, 5.41) is 22.6. The maximum absolute atomic E-state index is 12.4. The van der Waals surface area contributed by atoms with Gasteiger partial charge in [-0.05, 0) is 75.5 Å². The number of rotatable bonds is 3. The number of carbonyl (C=O) groups is 1. The van der Waals surface area contributed by atoms with Crippen LogP contribution in [0.4, 0.5) is 5.13 Å². The molecule has 5 saturated carbocycles. The Labute approximate surface area is 145 Å². The average molecular weight is 342 g/mol. The van der Waals surface area contributed by atoms with Gasteiger partial charge in [0.2, 0.25) is 11.0 Å². The molecule has 126 valence electrons. The molecule has 1 N–H and O–H groups in total. The third kappa shape index (κ3) is 2.07. The van der Waals surface area contributed by atoms with Crippen LogP contribution in [0.5, 0.6) is 0 Å². The normalized spacial score (nSPS) is 38.4. The van der Waals surface area contributed by atoms with Crippen molar-refractivity contribution < 1.29 is 4.79 Å². The predicted molar refractivity (Wildman–Crippen MR) is 90.3 cm³/mol. The van der Waals surface area contributed by atoms with Gasteiger partial charge in [0.1, 0.15) is 10.4 Å². The van der Waals surface area contributed by atoms with Gasteiger partial charge in [-0.25, -0.2) is 0 Å². The van der Waals surface area contributed by atoms with Crippen LogP contribution in [-0.4, -0.2) is 16.1 Å². The largest absolute Gasteiger partial charge is 0.299 e. The second-order valence-corrected chi connectivity index (χ2v) is 9.59. The van der Waals surface area contributed by atoms with Gasteiger partial charge in [-0.15, -0.1) is 10.2 Å². The lowest BCUT2D eigenvalue weighted by Crippen LogP contribution is -2.48. The summed E-state index contributed by atoms with van der Waals surface area (Å²) in [6.07, 6.45) is 10.3. The molecule has 5 aliphatic rings. The quantitative estimate of drug-likeness (QED) is 0.909. The number of carbonyl (C=O) groups excluding carboxylic acids is 1. The Kier molecular flexibility index (Phi) is 3.10. The van der Waals surface area contributed by atoms with E-state index in [1.54, 1.807) is 11.3 Å². The van der Waals surface area contributed by atoms with Gasteiger partial charge >= 0.3 is 0 Å². The lowest BCUT2D eigenvalue weighted by Gasteiger charge is -2.55. The standard InChI is InChI=1S/C18H22N4OS/c19-10-17(2-1-3-17)14(23)20-16-22-21-15(24-16)18-7-11-4-12(8-18)6-13(5-11)9-18/h11-13H,1-9H2,(H,20,22,23). The van der Waals surface area contributed by atoms with Gasteiger partial charge in [-0.1, -0.05) is 11.3 Å². The molecule has 5 aliphatic carbocycles. The van der Waals surface area contributed by atoms with Gasteiger partial charge in [0.25, 0.3) is 0 Å². The van der Waals surface area contributed by atoms with Crippen molar-refractivity contribution in [2.45, 2.75) is 63.2 Å². The molecule has 0 saturated heterocycles. The van der Waals surface area contributed by atoms with E-state index in [1.807, 2.05) is 0 Å². The van der Waals surface area contributed by atoms with E-state index in [1.165, 1.54) is 38.5 Å². The minimum absolute atomic E-state index is 0.190. The van der Waals surface area contributed by atoms with Crippen molar-refractivity contribution >= 4 is 22.4 Å². The van der Waals surface area contributed by atoms with Crippen LogP contribution in [-0.2, 0) is 10.2 Å². The highest BCUT2D eigenvalue weighted by Crippen LogP contribution is 2.61. The van der Waals surface area contributed by atoms with Gasteiger partial charge in [0, 0.05) is 5.41 Å². The van der Waals surface area contributed by atoms with Crippen LogP contribution in [0.25, 0.3) is 0 Å². The summed E-state index contributed by atoms with van der Waals surface area (Å²) in [6.45, 7) is 0. The zero-order valence-corrected chi connectivity index (χ0v) is 14.6. The molecular formula is C18H22N4OS. The summed E-state index contributed by atoms with van der Waals surface area (Å²) < 4.78 is 0. The van der Waals surface area contributed by atoms with Crippen LogP contribution in [0.15, 0.2) is 0 Å². The van der Waals surface area contributed by atoms with Crippen molar-refractivity contribution in [1.29, 1.82) is 5.26 Å². The second-order valence-electron chi connectivity index (χ2n) is 8.61. The molecular weight excluding hydrogens is 320 g/mol. The number of nitrogens with zero attached hydrogens (tertiary/aromatic N) is 3. The van der Waals surface area contributed by atoms with Gasteiger partial charge in [0.05, 0.1) is 6.07 Å². The van der Waals surface area contributed by atoms with Crippen LogP contribution in [0, 0.1) is 34.5 Å². The first-order chi connectivity index (χ1) is 11.6. The van der Waals surface area contributed by atoms with Crippen molar-refractivity contribution in [1.82, 2.24) is 10.2 Å². The Morgan fingerprint density at radius 3 is 2.25 bits per heavy atom. The molecule has 0 atom stereocenters. The molecule has 1 aromatic rings. The highest BCUT2D eigenvalue weighted by Gasteiger charge is 2.53. The first-order valence-electron chi connectivity index (χ1n) is 9.18. The maximum Gasteiger partial charge on any atom is 0.246 e. The fourth-order valence-electron chi connectivity index (χ4n) is 6.00. The van der Waals surface area contributed by atoms with E-state index >= 15 is 0 Å². The molecule has 0 radical (unpaired) electrons. The van der Waals surface area contributed by atoms with Gasteiger partial charge in [0.15, 0.2) is 0 Å². The lowest BCUT2D eigenvalue weighted by molar-refractivity contribution is -0.126. The number of anilines is 1. The predicted octanol–water partition coefficient (Wildman–Crippen LogP) is 3.64. The Hall–Kier alpha value is -1.48. The summed E-state index contributed by atoms with van der Waals surface area (Å²) in [6, 6.07) is 2.19. The Morgan fingerprint density at radius 2 is 1.75 bits per heavy atom. The molecule has 1 aromatic heterocycles. The van der Waals surface area contributed by atoms with Crippen molar-refractivity contribution in [3.05, 3.63) is 5.01 Å². The highest BCUT2D eigenvalue weighted by molar-refractivity contribution is 7.15. The lowest BCUT2D eigenvalue weighted by atomic mass is 9.50. The van der Waals surface area contributed by atoms with Crippen molar-refractivity contribution in [2.75, 3.05) is 5.32 Å². The summed E-state index contributed by atoms with van der Waals surface area (Å²) in [4.78, 5) is 12.4. The summed E-state index contributed by atoms with van der Waals surface area (Å²) in [5.74, 6) is 2.42. The molecule has 0 spiro atoms. The topological polar surface area (TPSA) is 78.7 Å². The van der Waals surface area contributed by atoms with Crippen molar-refractivity contribution in [2.24, 2.45) is 23.2 Å². The molecule has 0 aromatic carbocycles. The van der Waals surface area contributed by atoms with E-state index in [4.69, 9.17) is 0 Å². The van der Waals surface area contributed by atoms with Gasteiger partial charge in [-0.2, -0.15) is 5.26 Å². The van der Waals surface area contributed by atoms with E-state index in [-0.39, 0.29) is 11.3 Å². The van der Waals surface area contributed by atoms with Crippen LogP contribution >= 0.6 is 11.3 Å². The van der Waals surface area contributed by atoms with Gasteiger partial charge < -0.3 is 0 Å². The molecule has 0 unspecified atom stereocenters. The molecule has 6 rings (SSSR count). The highest BCUT2D eigenvalue weighted by atomic mass is 32.1. The third-order valence-corrected chi connectivity index (χ3v) is 8.08. The van der Waals surface area contributed by atoms with Crippen LogP contribution in [0.2, 0.25) is 0 Å². The van der Waals surface area contributed by atoms with E-state index < -0.39 is 5.41 Å². The van der Waals surface area contributed by atoms with E-state index in [0.29, 0.717) is 18.0 Å². The molecule has 1 heterocycles. The fourth-order valence-corrected chi connectivity index (χ4v) is 6.95. The average Bonchev–Trinajstić information content (AvgIpc) is 2.94. The SMILES string of the molecule is N#CC1(C(=O)Nc2nnc(C34CC5CC(CC(C5)C3)C4)s2)CCC1. The number of nitriles is 1. The maximum atomic E-state index is 12.4. The molecule has 4 bridgehead atoms. The number of hydrogen-bond donors (Lipinski definition) is 1. The molecule has 0 aliphatic heterocycles. The monoisotopic (exact) mass is 342 g/mol. The Balaban J connectivity index is 1.36. The van der Waals surface area contributed by atoms with Crippen LogP contribution in [0.3, 0.4) is 0 Å². The number of nitrogens with one attached hydrogen (secondary N) is 1. The molecule has 24 heavy (non-hydrogen) atoms. The minimum Gasteiger partial charge on any atom is -0.299 e. The second kappa shape index (κ2) is 5.01. The fraction of sp³-hybridized carbons (Fsp3) is 0.778. The molecule has 5 nitrogen and oxygen atoms in total. The van der Waals surface area contributed by atoms with E-state index in [2.05, 4.69) is 21.6 Å². The number of hydrogen-bond acceptors (Lipinski definition) is 5. The number of amides is 1. The zero-order valence-electron chi connectivity index (χ0n) is 13.8. The van der Waals surface area contributed by atoms with E-state index in [0.717, 1.165) is 29.2 Å². The third-order valence-electron chi connectivity index (χ3n) is 6.99. The van der Waals surface area contributed by atoms with Crippen LogP contribution < -0.4 is 5.32 Å². The first-order valence-corrected chi connectivity index (χ1v) is 9.99. The van der Waals surface area contributed by atoms with Gasteiger partial charge in [-0.3, -0.25) is 10.1 Å². The molecule has 1 amide bonds. The van der Waals surface area contributed by atoms with Crippen molar-refractivity contribution in [3.8, 4) is 6.07 Å².